The fourth-order valence-corrected chi connectivity index (χ4v) is 5.72. The van der Waals surface area contributed by atoms with Crippen LogP contribution in [0.4, 0.5) is 5.69 Å². The highest BCUT2D eigenvalue weighted by molar-refractivity contribution is 6.23. The van der Waals surface area contributed by atoms with Crippen LogP contribution in [0.1, 0.15) is 11.7 Å². The molecule has 0 bridgehead atoms. The lowest BCUT2D eigenvalue weighted by Gasteiger charge is -2.31. The molecular formula is C30H19N3. The maximum Gasteiger partial charge on any atom is 0.145 e. The molecule has 0 amide bonds. The van der Waals surface area contributed by atoms with E-state index in [1.165, 1.54) is 37.9 Å². The molecular weight excluding hydrogens is 402 g/mol. The zero-order valence-electron chi connectivity index (χ0n) is 17.8. The molecule has 0 fully saturated rings. The molecule has 3 heteroatoms. The summed E-state index contributed by atoms with van der Waals surface area (Å²) < 4.78 is 2.36. The predicted octanol–water partition coefficient (Wildman–Crippen LogP) is 7.57. The quantitative estimate of drug-likeness (QED) is 0.277. The van der Waals surface area contributed by atoms with Gasteiger partial charge in [-0.05, 0) is 56.6 Å². The molecule has 0 radical (unpaired) electrons. The van der Waals surface area contributed by atoms with Crippen LogP contribution in [0.3, 0.4) is 0 Å². The van der Waals surface area contributed by atoms with E-state index in [2.05, 4.69) is 113 Å². The Morgan fingerprint density at radius 1 is 0.636 bits per heavy atom. The molecule has 0 spiro atoms. The fraction of sp³-hybridized carbons (Fsp3) is 0.0333. The molecule has 6 aromatic carbocycles. The first-order valence-corrected chi connectivity index (χ1v) is 11.4. The summed E-state index contributed by atoms with van der Waals surface area (Å²) in [4.78, 5) is 5.05. The second-order valence-electron chi connectivity index (χ2n) is 8.90. The topological polar surface area (TPSA) is 29.9 Å². The van der Waals surface area contributed by atoms with Crippen molar-refractivity contribution in [2.24, 2.45) is 0 Å². The van der Waals surface area contributed by atoms with E-state index in [1.54, 1.807) is 0 Å². The summed E-state index contributed by atoms with van der Waals surface area (Å²) in [5.74, 6) is 1.02. The average Bonchev–Trinajstić information content (AvgIpc) is 3.27. The SMILES string of the molecule is c1ccc2c(c1)NC(c1ccc3ccc4cccc5ccc1c3c45)n1c-2nc2ccccc21. The molecule has 33 heavy (non-hydrogen) atoms. The Bertz CT molecular complexity index is 1840. The Balaban J connectivity index is 1.49. The number of benzene rings is 6. The van der Waals surface area contributed by atoms with Crippen molar-refractivity contribution in [2.45, 2.75) is 6.17 Å². The third-order valence-corrected chi connectivity index (χ3v) is 7.17. The lowest BCUT2D eigenvalue weighted by Crippen LogP contribution is -2.25. The number of fused-ring (bicyclic) bond motifs is 5. The van der Waals surface area contributed by atoms with Crippen molar-refractivity contribution in [3.63, 3.8) is 0 Å². The molecule has 1 aromatic heterocycles. The van der Waals surface area contributed by atoms with Crippen molar-refractivity contribution < 1.29 is 0 Å². The lowest BCUT2D eigenvalue weighted by atomic mass is 9.90. The number of anilines is 1. The number of hydrogen-bond donors (Lipinski definition) is 1. The maximum atomic E-state index is 5.05. The molecule has 2 heterocycles. The third kappa shape index (κ3) is 2.21. The number of hydrogen-bond acceptors (Lipinski definition) is 2. The molecule has 8 rings (SSSR count). The number of para-hydroxylation sites is 3. The Labute approximate surface area is 190 Å². The molecule has 154 valence electrons. The van der Waals surface area contributed by atoms with Gasteiger partial charge in [0, 0.05) is 16.8 Å². The summed E-state index contributed by atoms with van der Waals surface area (Å²) in [5, 5.41) is 11.7. The van der Waals surface area contributed by atoms with Gasteiger partial charge < -0.3 is 5.32 Å². The van der Waals surface area contributed by atoms with Gasteiger partial charge in [0.05, 0.1) is 11.0 Å². The van der Waals surface area contributed by atoms with E-state index in [0.29, 0.717) is 0 Å². The van der Waals surface area contributed by atoms with Gasteiger partial charge >= 0.3 is 0 Å². The molecule has 0 saturated carbocycles. The van der Waals surface area contributed by atoms with Crippen LogP contribution in [0.2, 0.25) is 0 Å². The van der Waals surface area contributed by atoms with E-state index in [4.69, 9.17) is 4.98 Å². The largest absolute Gasteiger partial charge is 0.361 e. The summed E-state index contributed by atoms with van der Waals surface area (Å²) in [6.45, 7) is 0. The van der Waals surface area contributed by atoms with E-state index in [1.807, 2.05) is 0 Å². The van der Waals surface area contributed by atoms with Crippen LogP contribution >= 0.6 is 0 Å². The minimum Gasteiger partial charge on any atom is -0.361 e. The first-order chi connectivity index (χ1) is 16.4. The van der Waals surface area contributed by atoms with Gasteiger partial charge in [-0.1, -0.05) is 78.9 Å². The van der Waals surface area contributed by atoms with Crippen LogP contribution in [0.15, 0.2) is 103 Å². The van der Waals surface area contributed by atoms with E-state index in [9.17, 15) is 0 Å². The summed E-state index contributed by atoms with van der Waals surface area (Å²) >= 11 is 0. The molecule has 1 aliphatic rings. The van der Waals surface area contributed by atoms with Crippen molar-refractivity contribution >= 4 is 49.0 Å². The molecule has 1 aliphatic heterocycles. The van der Waals surface area contributed by atoms with E-state index < -0.39 is 0 Å². The number of nitrogens with one attached hydrogen (secondary N) is 1. The van der Waals surface area contributed by atoms with Gasteiger partial charge in [-0.15, -0.1) is 0 Å². The zero-order chi connectivity index (χ0) is 21.5. The van der Waals surface area contributed by atoms with Crippen LogP contribution < -0.4 is 5.32 Å². The van der Waals surface area contributed by atoms with Crippen molar-refractivity contribution in [1.82, 2.24) is 9.55 Å². The van der Waals surface area contributed by atoms with Gasteiger partial charge in [0.15, 0.2) is 0 Å². The molecule has 7 aromatic rings. The van der Waals surface area contributed by atoms with Crippen molar-refractivity contribution in [1.29, 1.82) is 0 Å². The summed E-state index contributed by atoms with van der Waals surface area (Å²) in [6, 6.07) is 37.1. The monoisotopic (exact) mass is 421 g/mol. The van der Waals surface area contributed by atoms with Crippen molar-refractivity contribution in [3.8, 4) is 11.4 Å². The molecule has 1 unspecified atom stereocenters. The normalized spacial score (nSPS) is 15.2. The third-order valence-electron chi connectivity index (χ3n) is 7.17. The number of aromatic nitrogens is 2. The Morgan fingerprint density at radius 2 is 1.36 bits per heavy atom. The first kappa shape index (κ1) is 17.2. The highest BCUT2D eigenvalue weighted by Gasteiger charge is 2.29. The minimum atomic E-state index is -0.0492. The number of rotatable bonds is 1. The second kappa shape index (κ2) is 6.11. The van der Waals surface area contributed by atoms with Crippen molar-refractivity contribution in [3.05, 3.63) is 109 Å². The summed E-state index contributed by atoms with van der Waals surface area (Å²) in [5.41, 5.74) is 5.69. The molecule has 1 N–H and O–H groups in total. The maximum absolute atomic E-state index is 5.05. The Kier molecular flexibility index (Phi) is 3.19. The van der Waals surface area contributed by atoms with Gasteiger partial charge in [-0.2, -0.15) is 0 Å². The van der Waals surface area contributed by atoms with Gasteiger partial charge in [0.1, 0.15) is 12.0 Å². The lowest BCUT2D eigenvalue weighted by molar-refractivity contribution is 0.674. The average molecular weight is 422 g/mol. The molecule has 0 aliphatic carbocycles. The van der Waals surface area contributed by atoms with E-state index >= 15 is 0 Å². The van der Waals surface area contributed by atoms with Gasteiger partial charge in [0.25, 0.3) is 0 Å². The highest BCUT2D eigenvalue weighted by atomic mass is 15.2. The van der Waals surface area contributed by atoms with Gasteiger partial charge in [-0.25, -0.2) is 4.98 Å². The minimum absolute atomic E-state index is 0.0492. The summed E-state index contributed by atoms with van der Waals surface area (Å²) in [6.07, 6.45) is -0.0492. The van der Waals surface area contributed by atoms with Crippen LogP contribution in [0.25, 0.3) is 54.7 Å². The molecule has 1 atom stereocenters. The first-order valence-electron chi connectivity index (χ1n) is 11.4. The molecule has 0 saturated heterocycles. The summed E-state index contributed by atoms with van der Waals surface area (Å²) in [7, 11) is 0. The van der Waals surface area contributed by atoms with Crippen LogP contribution in [0.5, 0.6) is 0 Å². The van der Waals surface area contributed by atoms with Crippen LogP contribution in [-0.2, 0) is 0 Å². The number of nitrogens with zero attached hydrogens (tertiary/aromatic N) is 2. The van der Waals surface area contributed by atoms with Gasteiger partial charge in [0.2, 0.25) is 0 Å². The number of imidazole rings is 1. The van der Waals surface area contributed by atoms with E-state index in [-0.39, 0.29) is 6.17 Å². The van der Waals surface area contributed by atoms with Crippen LogP contribution in [0, 0.1) is 0 Å². The Hall–Kier alpha value is -4.37. The fourth-order valence-electron chi connectivity index (χ4n) is 5.72. The van der Waals surface area contributed by atoms with Gasteiger partial charge in [-0.3, -0.25) is 4.57 Å². The van der Waals surface area contributed by atoms with Crippen molar-refractivity contribution in [2.75, 3.05) is 5.32 Å². The highest BCUT2D eigenvalue weighted by Crippen LogP contribution is 2.44. The second-order valence-corrected chi connectivity index (χ2v) is 8.90. The van der Waals surface area contributed by atoms with E-state index in [0.717, 1.165) is 28.1 Å². The zero-order valence-corrected chi connectivity index (χ0v) is 17.8. The Morgan fingerprint density at radius 3 is 2.27 bits per heavy atom. The smallest absolute Gasteiger partial charge is 0.145 e. The molecule has 3 nitrogen and oxygen atoms in total. The standard InChI is InChI=1S/C30H19N3/c1-2-9-24-23(8-1)30-32-25-10-3-4-11-26(25)33(30)29(31-24)22-17-15-20-13-12-18-6-5-7-19-14-16-21(22)28(20)27(18)19/h1-17,29,31H. The predicted molar refractivity (Wildman–Crippen MR) is 137 cm³/mol. The van der Waals surface area contributed by atoms with Crippen LogP contribution in [-0.4, -0.2) is 9.55 Å².